The summed E-state index contributed by atoms with van der Waals surface area (Å²) < 4.78 is 19.0. The number of nitrogens with two attached hydrogens (primary N) is 1. The summed E-state index contributed by atoms with van der Waals surface area (Å²) in [5, 5.41) is 2.74. The van der Waals surface area contributed by atoms with E-state index in [1.54, 1.807) is 19.1 Å². The van der Waals surface area contributed by atoms with Gasteiger partial charge < -0.3 is 15.8 Å². The molecule has 1 amide bonds. The second kappa shape index (κ2) is 8.85. The van der Waals surface area contributed by atoms with Gasteiger partial charge in [-0.05, 0) is 25.0 Å². The van der Waals surface area contributed by atoms with E-state index in [-0.39, 0.29) is 24.2 Å². The Morgan fingerprint density at radius 2 is 2.05 bits per heavy atom. The van der Waals surface area contributed by atoms with E-state index in [0.717, 1.165) is 6.42 Å². The molecule has 3 atom stereocenters. The number of hydrogen-bond donors (Lipinski definition) is 2. The van der Waals surface area contributed by atoms with Gasteiger partial charge in [-0.15, -0.1) is 12.4 Å². The van der Waals surface area contributed by atoms with Gasteiger partial charge in [-0.3, -0.25) is 4.79 Å². The third-order valence-corrected chi connectivity index (χ3v) is 3.58. The summed E-state index contributed by atoms with van der Waals surface area (Å²) in [6.07, 6.45) is 0.811. The third-order valence-electron chi connectivity index (χ3n) is 3.58. The molecule has 1 aromatic rings. The number of methoxy groups -OCH3 is 1. The summed E-state index contributed by atoms with van der Waals surface area (Å²) in [7, 11) is 1.47. The lowest BCUT2D eigenvalue weighted by atomic mass is 9.98. The molecule has 120 valence electrons. The van der Waals surface area contributed by atoms with Crippen molar-refractivity contribution >= 4 is 18.3 Å². The Balaban J connectivity index is 0.00000400. The van der Waals surface area contributed by atoms with Gasteiger partial charge in [0.05, 0.1) is 24.8 Å². The monoisotopic (exact) mass is 318 g/mol. The van der Waals surface area contributed by atoms with Crippen LogP contribution in [-0.2, 0) is 4.79 Å². The quantitative estimate of drug-likeness (QED) is 0.847. The summed E-state index contributed by atoms with van der Waals surface area (Å²) in [6, 6.07) is 3.47. The largest absolute Gasteiger partial charge is 0.496 e. The Morgan fingerprint density at radius 3 is 2.57 bits per heavy atom. The lowest BCUT2D eigenvalue weighted by Crippen LogP contribution is -2.45. The maximum Gasteiger partial charge on any atom is 0.237 e. The lowest BCUT2D eigenvalue weighted by molar-refractivity contribution is -0.124. The van der Waals surface area contributed by atoms with Gasteiger partial charge in [-0.2, -0.15) is 0 Å². The molecule has 0 saturated carbocycles. The molecule has 0 radical (unpaired) electrons. The molecule has 0 spiro atoms. The number of carbonyl (C=O) groups excluding carboxylic acids is 1. The Morgan fingerprint density at radius 1 is 1.43 bits per heavy atom. The molecule has 0 aliphatic heterocycles. The van der Waals surface area contributed by atoms with Crippen LogP contribution >= 0.6 is 12.4 Å². The van der Waals surface area contributed by atoms with Crippen LogP contribution in [-0.4, -0.2) is 19.1 Å². The van der Waals surface area contributed by atoms with Crippen molar-refractivity contribution in [1.82, 2.24) is 5.32 Å². The first-order valence-electron chi connectivity index (χ1n) is 6.80. The van der Waals surface area contributed by atoms with Crippen molar-refractivity contribution in [3.63, 3.8) is 0 Å². The van der Waals surface area contributed by atoms with Crippen molar-refractivity contribution in [3.8, 4) is 5.75 Å². The Hall–Kier alpha value is -1.33. The smallest absolute Gasteiger partial charge is 0.237 e. The second-order valence-electron chi connectivity index (χ2n) is 5.00. The molecule has 1 aromatic carbocycles. The fourth-order valence-corrected chi connectivity index (χ4v) is 2.01. The highest BCUT2D eigenvalue weighted by Gasteiger charge is 2.23. The van der Waals surface area contributed by atoms with Crippen molar-refractivity contribution in [2.75, 3.05) is 7.11 Å². The first-order chi connectivity index (χ1) is 9.42. The average Bonchev–Trinajstić information content (AvgIpc) is 2.44. The first kappa shape index (κ1) is 19.7. The maximum absolute atomic E-state index is 13.9. The topological polar surface area (TPSA) is 64.4 Å². The zero-order chi connectivity index (χ0) is 15.3. The minimum atomic E-state index is -0.597. The molecule has 0 bridgehead atoms. The molecule has 0 fully saturated rings. The van der Waals surface area contributed by atoms with E-state index < -0.39 is 17.9 Å². The highest BCUT2D eigenvalue weighted by Crippen LogP contribution is 2.27. The number of carbonyl (C=O) groups is 1. The molecule has 4 nitrogen and oxygen atoms in total. The lowest BCUT2D eigenvalue weighted by Gasteiger charge is -2.22. The Kier molecular flexibility index (Phi) is 8.29. The second-order valence-corrected chi connectivity index (χ2v) is 5.00. The van der Waals surface area contributed by atoms with Crippen molar-refractivity contribution < 1.29 is 13.9 Å². The molecule has 0 aliphatic carbocycles. The van der Waals surface area contributed by atoms with Gasteiger partial charge >= 0.3 is 0 Å². The normalized spacial score (nSPS) is 14.6. The molecule has 0 aliphatic rings. The molecule has 6 heteroatoms. The van der Waals surface area contributed by atoms with Gasteiger partial charge in [-0.25, -0.2) is 4.39 Å². The molecule has 1 rings (SSSR count). The molecular formula is C15H24ClFN2O2. The van der Waals surface area contributed by atoms with Crippen LogP contribution in [0.2, 0.25) is 0 Å². The number of benzene rings is 1. The van der Waals surface area contributed by atoms with Crippen LogP contribution < -0.4 is 15.8 Å². The number of halogens is 2. The highest BCUT2D eigenvalue weighted by molar-refractivity contribution is 5.85. The summed E-state index contributed by atoms with van der Waals surface area (Å²) in [5.41, 5.74) is 6.20. The van der Waals surface area contributed by atoms with E-state index in [4.69, 9.17) is 10.5 Å². The fourth-order valence-electron chi connectivity index (χ4n) is 2.01. The summed E-state index contributed by atoms with van der Waals surface area (Å²) in [4.78, 5) is 12.0. The summed E-state index contributed by atoms with van der Waals surface area (Å²) >= 11 is 0. The SMILES string of the molecule is CCC(C)C(N)C(=O)NC(C)c1c(F)cccc1OC.Cl. The fraction of sp³-hybridized carbons (Fsp3) is 0.533. The van der Waals surface area contributed by atoms with Crippen LogP contribution in [0, 0.1) is 11.7 Å². The maximum atomic E-state index is 13.9. The summed E-state index contributed by atoms with van der Waals surface area (Å²) in [5.74, 6) is -0.203. The number of rotatable bonds is 6. The molecule has 0 aromatic heterocycles. The molecule has 21 heavy (non-hydrogen) atoms. The van der Waals surface area contributed by atoms with E-state index in [1.165, 1.54) is 13.2 Å². The average molecular weight is 319 g/mol. The van der Waals surface area contributed by atoms with Crippen molar-refractivity contribution in [3.05, 3.63) is 29.6 Å². The van der Waals surface area contributed by atoms with Gasteiger partial charge in [-0.1, -0.05) is 26.3 Å². The van der Waals surface area contributed by atoms with Gasteiger partial charge in [0.2, 0.25) is 5.91 Å². The molecular weight excluding hydrogens is 295 g/mol. The number of hydrogen-bond acceptors (Lipinski definition) is 3. The Labute approximate surface area is 131 Å². The molecule has 0 heterocycles. The van der Waals surface area contributed by atoms with Gasteiger partial charge in [0.1, 0.15) is 11.6 Å². The minimum Gasteiger partial charge on any atom is -0.496 e. The van der Waals surface area contributed by atoms with Crippen LogP contribution in [0.4, 0.5) is 4.39 Å². The van der Waals surface area contributed by atoms with Crippen LogP contribution in [0.5, 0.6) is 5.75 Å². The van der Waals surface area contributed by atoms with Crippen LogP contribution in [0.3, 0.4) is 0 Å². The van der Waals surface area contributed by atoms with E-state index in [9.17, 15) is 9.18 Å². The summed E-state index contributed by atoms with van der Waals surface area (Å²) in [6.45, 7) is 5.60. The predicted octanol–water partition coefficient (Wildman–Crippen LogP) is 2.81. The number of ether oxygens (including phenoxy) is 1. The standard InChI is InChI=1S/C15H23FN2O2.ClH/c1-5-9(2)14(17)15(19)18-10(3)13-11(16)7-6-8-12(13)20-4;/h6-10,14H,5,17H2,1-4H3,(H,18,19);1H. The van der Waals surface area contributed by atoms with Crippen LogP contribution in [0.25, 0.3) is 0 Å². The van der Waals surface area contributed by atoms with Gasteiger partial charge in [0, 0.05) is 0 Å². The zero-order valence-corrected chi connectivity index (χ0v) is 13.7. The van der Waals surface area contributed by atoms with E-state index in [1.807, 2.05) is 13.8 Å². The number of nitrogens with one attached hydrogen (secondary N) is 1. The molecule has 0 saturated heterocycles. The van der Waals surface area contributed by atoms with Gasteiger partial charge in [0.25, 0.3) is 0 Å². The van der Waals surface area contributed by atoms with Crippen LogP contribution in [0.1, 0.15) is 38.8 Å². The van der Waals surface area contributed by atoms with Gasteiger partial charge in [0.15, 0.2) is 0 Å². The van der Waals surface area contributed by atoms with E-state index in [2.05, 4.69) is 5.32 Å². The first-order valence-corrected chi connectivity index (χ1v) is 6.80. The zero-order valence-electron chi connectivity index (χ0n) is 12.9. The Bertz CT molecular complexity index is 471. The van der Waals surface area contributed by atoms with Crippen molar-refractivity contribution in [1.29, 1.82) is 0 Å². The van der Waals surface area contributed by atoms with Crippen molar-refractivity contribution in [2.45, 2.75) is 39.3 Å². The van der Waals surface area contributed by atoms with E-state index in [0.29, 0.717) is 11.3 Å². The minimum absolute atomic E-state index is 0. The van der Waals surface area contributed by atoms with E-state index >= 15 is 0 Å². The molecule has 3 unspecified atom stereocenters. The number of amides is 1. The van der Waals surface area contributed by atoms with Crippen LogP contribution in [0.15, 0.2) is 18.2 Å². The highest BCUT2D eigenvalue weighted by atomic mass is 35.5. The third kappa shape index (κ3) is 4.86. The molecule has 3 N–H and O–H groups in total. The predicted molar refractivity (Wildman–Crippen MR) is 84.2 cm³/mol. The van der Waals surface area contributed by atoms with Crippen molar-refractivity contribution in [2.24, 2.45) is 11.7 Å².